The zero-order valence-electron chi connectivity index (χ0n) is 17.1. The lowest BCUT2D eigenvalue weighted by Gasteiger charge is -2.36. The third-order valence-electron chi connectivity index (χ3n) is 5.96. The van der Waals surface area contributed by atoms with Crippen molar-refractivity contribution in [3.63, 3.8) is 0 Å². The zero-order chi connectivity index (χ0) is 20.2. The van der Waals surface area contributed by atoms with E-state index in [0.29, 0.717) is 24.2 Å². The van der Waals surface area contributed by atoms with Crippen molar-refractivity contribution in [3.8, 4) is 0 Å². The molecule has 2 aromatic rings. The van der Waals surface area contributed by atoms with Gasteiger partial charge in [0.1, 0.15) is 0 Å². The van der Waals surface area contributed by atoms with Crippen LogP contribution >= 0.6 is 0 Å². The Kier molecular flexibility index (Phi) is 5.84. The molecular weight excluding hydrogens is 362 g/mol. The lowest BCUT2D eigenvalue weighted by Crippen LogP contribution is -2.48. The van der Waals surface area contributed by atoms with Gasteiger partial charge in [-0.1, -0.05) is 12.1 Å². The minimum atomic E-state index is 0.0471. The van der Waals surface area contributed by atoms with Gasteiger partial charge >= 0.3 is 0 Å². The number of carbonyl (C=O) groups is 2. The molecule has 2 heterocycles. The molecule has 0 saturated carbocycles. The monoisotopic (exact) mass is 391 g/mol. The molecule has 0 radical (unpaired) electrons. The van der Waals surface area contributed by atoms with Crippen molar-refractivity contribution in [3.05, 3.63) is 65.2 Å². The van der Waals surface area contributed by atoms with E-state index in [1.165, 1.54) is 17.7 Å². The van der Waals surface area contributed by atoms with Crippen molar-refractivity contribution < 1.29 is 9.59 Å². The Labute approximate surface area is 172 Å². The van der Waals surface area contributed by atoms with Gasteiger partial charge in [0.2, 0.25) is 0 Å². The van der Waals surface area contributed by atoms with E-state index in [1.807, 2.05) is 9.80 Å². The predicted octanol–water partition coefficient (Wildman–Crippen LogP) is 3.58. The molecule has 29 heavy (non-hydrogen) atoms. The summed E-state index contributed by atoms with van der Waals surface area (Å²) in [6, 6.07) is 15.7. The van der Waals surface area contributed by atoms with Crippen molar-refractivity contribution >= 4 is 17.5 Å². The first-order valence-corrected chi connectivity index (χ1v) is 10.6. The number of likely N-dealkylation sites (tertiary alicyclic amines) is 1. The molecule has 0 unspecified atom stereocenters. The summed E-state index contributed by atoms with van der Waals surface area (Å²) in [5.41, 5.74) is 3.80. The number of aryl methyl sites for hydroxylation is 1. The number of hydrogen-bond donors (Lipinski definition) is 0. The van der Waals surface area contributed by atoms with E-state index in [0.717, 1.165) is 39.0 Å². The third-order valence-corrected chi connectivity index (χ3v) is 5.96. The van der Waals surface area contributed by atoms with Crippen LogP contribution in [0.1, 0.15) is 45.5 Å². The van der Waals surface area contributed by atoms with Gasteiger partial charge in [-0.05, 0) is 68.1 Å². The molecule has 2 aliphatic rings. The quantitative estimate of drug-likeness (QED) is 0.803. The Morgan fingerprint density at radius 1 is 0.690 bits per heavy atom. The Hall–Kier alpha value is -2.82. The van der Waals surface area contributed by atoms with Crippen molar-refractivity contribution in [2.24, 2.45) is 0 Å². The van der Waals surface area contributed by atoms with Gasteiger partial charge in [-0.2, -0.15) is 0 Å². The molecule has 2 fully saturated rings. The minimum absolute atomic E-state index is 0.0471. The van der Waals surface area contributed by atoms with Gasteiger partial charge < -0.3 is 14.7 Å². The van der Waals surface area contributed by atoms with Gasteiger partial charge in [0.25, 0.3) is 11.8 Å². The van der Waals surface area contributed by atoms with E-state index in [4.69, 9.17) is 0 Å². The second-order valence-electron chi connectivity index (χ2n) is 8.05. The fraction of sp³-hybridized carbons (Fsp3) is 0.417. The number of amides is 2. The minimum Gasteiger partial charge on any atom is -0.368 e. The van der Waals surface area contributed by atoms with Crippen LogP contribution in [0.4, 0.5) is 5.69 Å². The number of rotatable bonds is 3. The Balaban J connectivity index is 1.35. The largest absolute Gasteiger partial charge is 0.368 e. The zero-order valence-corrected chi connectivity index (χ0v) is 17.1. The number of piperidine rings is 1. The Morgan fingerprint density at radius 2 is 1.24 bits per heavy atom. The summed E-state index contributed by atoms with van der Waals surface area (Å²) in [6.07, 6.45) is 3.36. The van der Waals surface area contributed by atoms with Crippen molar-refractivity contribution in [2.45, 2.75) is 26.2 Å². The fourth-order valence-corrected chi connectivity index (χ4v) is 4.21. The lowest BCUT2D eigenvalue weighted by atomic mass is 10.1. The number of nitrogens with zero attached hydrogens (tertiary/aromatic N) is 3. The van der Waals surface area contributed by atoms with Gasteiger partial charge in [-0.25, -0.2) is 0 Å². The average Bonchev–Trinajstić information content (AvgIpc) is 2.79. The highest BCUT2D eigenvalue weighted by molar-refractivity contribution is 5.98. The highest BCUT2D eigenvalue weighted by Crippen LogP contribution is 2.19. The van der Waals surface area contributed by atoms with Crippen LogP contribution in [0.3, 0.4) is 0 Å². The molecule has 0 bridgehead atoms. The average molecular weight is 392 g/mol. The first-order chi connectivity index (χ1) is 14.1. The van der Waals surface area contributed by atoms with Crippen LogP contribution in [0.2, 0.25) is 0 Å². The molecule has 2 aromatic carbocycles. The Morgan fingerprint density at radius 3 is 1.79 bits per heavy atom. The molecule has 2 amide bonds. The number of anilines is 1. The molecule has 5 heteroatoms. The summed E-state index contributed by atoms with van der Waals surface area (Å²) in [5, 5.41) is 0. The van der Waals surface area contributed by atoms with E-state index in [1.54, 1.807) is 24.3 Å². The van der Waals surface area contributed by atoms with Crippen molar-refractivity contribution in [2.75, 3.05) is 44.2 Å². The molecule has 5 nitrogen and oxygen atoms in total. The predicted molar refractivity (Wildman–Crippen MR) is 115 cm³/mol. The van der Waals surface area contributed by atoms with E-state index < -0.39 is 0 Å². The summed E-state index contributed by atoms with van der Waals surface area (Å²) in [5.74, 6) is 0.126. The van der Waals surface area contributed by atoms with Crippen molar-refractivity contribution in [1.29, 1.82) is 0 Å². The summed E-state index contributed by atoms with van der Waals surface area (Å²) in [4.78, 5) is 31.7. The smallest absolute Gasteiger partial charge is 0.253 e. The van der Waals surface area contributed by atoms with Gasteiger partial charge in [0, 0.05) is 56.1 Å². The van der Waals surface area contributed by atoms with Crippen molar-refractivity contribution in [1.82, 2.24) is 9.80 Å². The highest BCUT2D eigenvalue weighted by atomic mass is 16.2. The summed E-state index contributed by atoms with van der Waals surface area (Å²) >= 11 is 0. The maximum absolute atomic E-state index is 12.9. The van der Waals surface area contributed by atoms with Crippen LogP contribution in [-0.2, 0) is 0 Å². The van der Waals surface area contributed by atoms with Crippen LogP contribution in [0.5, 0.6) is 0 Å². The third kappa shape index (κ3) is 4.44. The first-order valence-electron chi connectivity index (χ1n) is 10.6. The standard InChI is InChI=1S/C24H29N3O2/c1-19-6-5-7-22(18-19)25-14-16-27(17-15-25)24(29)21-10-8-20(9-11-21)23(28)26-12-3-2-4-13-26/h5-11,18H,2-4,12-17H2,1H3. The van der Waals surface area contributed by atoms with Gasteiger partial charge in [0.05, 0.1) is 0 Å². The van der Waals surface area contributed by atoms with Gasteiger partial charge in [-0.15, -0.1) is 0 Å². The molecule has 0 aliphatic carbocycles. The highest BCUT2D eigenvalue weighted by Gasteiger charge is 2.23. The van der Waals surface area contributed by atoms with Crippen LogP contribution < -0.4 is 4.90 Å². The summed E-state index contributed by atoms with van der Waals surface area (Å²) in [7, 11) is 0. The van der Waals surface area contributed by atoms with E-state index >= 15 is 0 Å². The maximum Gasteiger partial charge on any atom is 0.253 e. The SMILES string of the molecule is Cc1cccc(N2CCN(C(=O)c3ccc(C(=O)N4CCCCC4)cc3)CC2)c1. The second-order valence-corrected chi connectivity index (χ2v) is 8.05. The van der Waals surface area contributed by atoms with E-state index in [-0.39, 0.29) is 11.8 Å². The molecule has 152 valence electrons. The molecule has 4 rings (SSSR count). The molecule has 0 atom stereocenters. The number of piperazine rings is 1. The summed E-state index contributed by atoms with van der Waals surface area (Å²) < 4.78 is 0. The van der Waals surface area contributed by atoms with Crippen LogP contribution in [0, 0.1) is 6.92 Å². The molecule has 2 saturated heterocycles. The van der Waals surface area contributed by atoms with Crippen LogP contribution in [0.25, 0.3) is 0 Å². The molecule has 0 spiro atoms. The maximum atomic E-state index is 12.9. The van der Waals surface area contributed by atoms with Gasteiger partial charge in [-0.3, -0.25) is 9.59 Å². The Bertz CT molecular complexity index is 864. The van der Waals surface area contributed by atoms with E-state index in [9.17, 15) is 9.59 Å². The van der Waals surface area contributed by atoms with E-state index in [2.05, 4.69) is 36.1 Å². The molecular formula is C24H29N3O2. The van der Waals surface area contributed by atoms with Crippen LogP contribution in [0.15, 0.2) is 48.5 Å². The first kappa shape index (κ1) is 19.5. The molecule has 2 aliphatic heterocycles. The number of hydrogen-bond acceptors (Lipinski definition) is 3. The normalized spacial score (nSPS) is 17.3. The molecule has 0 aromatic heterocycles. The summed E-state index contributed by atoms with van der Waals surface area (Å²) in [6.45, 7) is 6.86. The topological polar surface area (TPSA) is 43.9 Å². The van der Waals surface area contributed by atoms with Crippen LogP contribution in [-0.4, -0.2) is 60.9 Å². The molecule has 0 N–H and O–H groups in total. The van der Waals surface area contributed by atoms with Gasteiger partial charge in [0.15, 0.2) is 0 Å². The number of benzene rings is 2. The lowest BCUT2D eigenvalue weighted by molar-refractivity contribution is 0.0719. The second kappa shape index (κ2) is 8.68. The number of carbonyl (C=O) groups excluding carboxylic acids is 2. The fourth-order valence-electron chi connectivity index (χ4n) is 4.21.